The van der Waals surface area contributed by atoms with E-state index in [9.17, 15) is 17.6 Å². The number of sulfonamides is 1. The molecule has 3 aromatic carbocycles. The first-order valence-electron chi connectivity index (χ1n) is 10.4. The Kier molecular flexibility index (Phi) is 7.84. The summed E-state index contributed by atoms with van der Waals surface area (Å²) in [6, 6.07) is 19.1. The Morgan fingerprint density at radius 3 is 2.33 bits per heavy atom. The summed E-state index contributed by atoms with van der Waals surface area (Å²) >= 11 is 0. The van der Waals surface area contributed by atoms with Crippen molar-refractivity contribution in [3.63, 3.8) is 0 Å². The number of carbonyl (C=O) groups excluding carboxylic acids is 1. The zero-order chi connectivity index (χ0) is 24.0. The van der Waals surface area contributed by atoms with E-state index in [0.29, 0.717) is 5.75 Å². The number of hydrogen-bond donors (Lipinski definition) is 1. The van der Waals surface area contributed by atoms with Gasteiger partial charge in [-0.25, -0.2) is 12.8 Å². The van der Waals surface area contributed by atoms with Crippen LogP contribution in [0.15, 0.2) is 77.7 Å². The molecule has 3 aromatic rings. The average molecular weight is 471 g/mol. The van der Waals surface area contributed by atoms with Crippen LogP contribution in [0.2, 0.25) is 0 Å². The van der Waals surface area contributed by atoms with Crippen molar-refractivity contribution >= 4 is 15.9 Å². The van der Waals surface area contributed by atoms with Gasteiger partial charge in [0.05, 0.1) is 24.6 Å². The van der Waals surface area contributed by atoms with Gasteiger partial charge in [0.25, 0.3) is 0 Å². The summed E-state index contributed by atoms with van der Waals surface area (Å²) in [5.41, 5.74) is 1.84. The van der Waals surface area contributed by atoms with E-state index in [1.165, 1.54) is 37.4 Å². The molecule has 3 rings (SSSR count). The van der Waals surface area contributed by atoms with E-state index >= 15 is 0 Å². The second-order valence-corrected chi connectivity index (χ2v) is 9.65. The van der Waals surface area contributed by atoms with Gasteiger partial charge >= 0.3 is 0 Å². The summed E-state index contributed by atoms with van der Waals surface area (Å²) in [6.07, 6.45) is 0. The third kappa shape index (κ3) is 5.97. The van der Waals surface area contributed by atoms with Gasteiger partial charge in [0.1, 0.15) is 11.6 Å². The number of carbonyl (C=O) groups is 1. The Labute approximate surface area is 194 Å². The second kappa shape index (κ2) is 10.6. The highest BCUT2D eigenvalue weighted by Gasteiger charge is 2.28. The molecule has 0 spiro atoms. The summed E-state index contributed by atoms with van der Waals surface area (Å²) < 4.78 is 47.3. The highest BCUT2D eigenvalue weighted by atomic mass is 32.2. The molecule has 0 saturated heterocycles. The quantitative estimate of drug-likeness (QED) is 0.508. The molecule has 0 bridgehead atoms. The lowest BCUT2D eigenvalue weighted by atomic mass is 10.1. The summed E-state index contributed by atoms with van der Waals surface area (Å²) in [5.74, 6) is -0.439. The molecule has 1 atom stereocenters. The van der Waals surface area contributed by atoms with E-state index in [4.69, 9.17) is 4.74 Å². The first kappa shape index (κ1) is 24.4. The maximum atomic E-state index is 14.3. The molecule has 0 saturated carbocycles. The van der Waals surface area contributed by atoms with Gasteiger partial charge in [-0.2, -0.15) is 4.31 Å². The number of amides is 1. The molecule has 0 aromatic heterocycles. The van der Waals surface area contributed by atoms with Gasteiger partial charge in [0.15, 0.2) is 0 Å². The first-order valence-corrected chi connectivity index (χ1v) is 11.9. The molecule has 0 fully saturated rings. The monoisotopic (exact) mass is 470 g/mol. The standard InChI is InChI=1S/C25H27FN2O4S/c1-18-12-14-21(15-13-18)33(30,31)28(16-20-8-4-6-10-23(20)26)17-25(29)27-19(2)22-9-5-7-11-24(22)32-3/h4-15,19H,16-17H2,1-3H3,(H,27,29)/t19-/m0/s1. The molecule has 0 unspecified atom stereocenters. The fourth-order valence-electron chi connectivity index (χ4n) is 3.45. The van der Waals surface area contributed by atoms with Crippen LogP contribution in [0.25, 0.3) is 0 Å². The van der Waals surface area contributed by atoms with Gasteiger partial charge in [-0.15, -0.1) is 0 Å². The van der Waals surface area contributed by atoms with Gasteiger partial charge < -0.3 is 10.1 Å². The normalized spacial score (nSPS) is 12.4. The minimum absolute atomic E-state index is 0.0371. The minimum Gasteiger partial charge on any atom is -0.496 e. The van der Waals surface area contributed by atoms with Crippen molar-refractivity contribution in [3.8, 4) is 5.75 Å². The fraction of sp³-hybridized carbons (Fsp3) is 0.240. The predicted octanol–water partition coefficient (Wildman–Crippen LogP) is 4.21. The zero-order valence-corrected chi connectivity index (χ0v) is 19.6. The van der Waals surface area contributed by atoms with Crippen LogP contribution in [0.5, 0.6) is 5.75 Å². The van der Waals surface area contributed by atoms with E-state index in [1.54, 1.807) is 31.2 Å². The van der Waals surface area contributed by atoms with Gasteiger partial charge in [-0.3, -0.25) is 4.79 Å². The number of ether oxygens (including phenoxy) is 1. The molecule has 0 radical (unpaired) electrons. The average Bonchev–Trinajstić information content (AvgIpc) is 2.80. The topological polar surface area (TPSA) is 75.7 Å². The molecule has 1 amide bonds. The number of hydrogen-bond acceptors (Lipinski definition) is 4. The maximum Gasteiger partial charge on any atom is 0.243 e. The first-order chi connectivity index (χ1) is 15.7. The van der Waals surface area contributed by atoms with Crippen molar-refractivity contribution in [3.05, 3.63) is 95.3 Å². The Morgan fingerprint density at radius 2 is 1.67 bits per heavy atom. The van der Waals surface area contributed by atoms with Crippen LogP contribution in [0.4, 0.5) is 4.39 Å². The number of halogens is 1. The van der Waals surface area contributed by atoms with Crippen LogP contribution < -0.4 is 10.1 Å². The summed E-state index contributed by atoms with van der Waals surface area (Å²) in [6.45, 7) is 2.88. The molecule has 0 aliphatic carbocycles. The molecular weight excluding hydrogens is 443 g/mol. The fourth-order valence-corrected chi connectivity index (χ4v) is 4.83. The lowest BCUT2D eigenvalue weighted by Crippen LogP contribution is -2.41. The predicted molar refractivity (Wildman–Crippen MR) is 125 cm³/mol. The van der Waals surface area contributed by atoms with Crippen LogP contribution >= 0.6 is 0 Å². The number of para-hydroxylation sites is 1. The molecule has 33 heavy (non-hydrogen) atoms. The Balaban J connectivity index is 1.86. The highest BCUT2D eigenvalue weighted by molar-refractivity contribution is 7.89. The number of rotatable bonds is 9. The molecule has 8 heteroatoms. The molecule has 174 valence electrons. The Morgan fingerprint density at radius 1 is 1.03 bits per heavy atom. The lowest BCUT2D eigenvalue weighted by Gasteiger charge is -2.24. The van der Waals surface area contributed by atoms with Crippen molar-refractivity contribution in [2.24, 2.45) is 0 Å². The zero-order valence-electron chi connectivity index (χ0n) is 18.8. The summed E-state index contributed by atoms with van der Waals surface area (Å²) in [4.78, 5) is 12.9. The van der Waals surface area contributed by atoms with Gasteiger partial charge in [0.2, 0.25) is 15.9 Å². The number of nitrogens with zero attached hydrogens (tertiary/aromatic N) is 1. The van der Waals surface area contributed by atoms with Gasteiger partial charge in [-0.1, -0.05) is 54.1 Å². The van der Waals surface area contributed by atoms with Gasteiger partial charge in [0, 0.05) is 17.7 Å². The van der Waals surface area contributed by atoms with Crippen molar-refractivity contribution in [1.29, 1.82) is 0 Å². The van der Waals surface area contributed by atoms with Crippen LogP contribution in [0.1, 0.15) is 29.7 Å². The van der Waals surface area contributed by atoms with Crippen LogP contribution in [0.3, 0.4) is 0 Å². The third-order valence-corrected chi connectivity index (χ3v) is 7.07. The number of benzene rings is 3. The number of methoxy groups -OCH3 is 1. The van der Waals surface area contributed by atoms with Crippen molar-refractivity contribution in [2.75, 3.05) is 13.7 Å². The van der Waals surface area contributed by atoms with E-state index < -0.39 is 34.3 Å². The van der Waals surface area contributed by atoms with E-state index in [2.05, 4.69) is 5.32 Å². The Bertz CT molecular complexity index is 1210. The van der Waals surface area contributed by atoms with Crippen molar-refractivity contribution in [2.45, 2.75) is 31.3 Å². The molecular formula is C25H27FN2O4S. The van der Waals surface area contributed by atoms with Crippen LogP contribution in [-0.2, 0) is 21.4 Å². The van der Waals surface area contributed by atoms with E-state index in [0.717, 1.165) is 15.4 Å². The summed E-state index contributed by atoms with van der Waals surface area (Å²) in [7, 11) is -2.52. The highest BCUT2D eigenvalue weighted by Crippen LogP contribution is 2.25. The largest absolute Gasteiger partial charge is 0.496 e. The number of nitrogens with one attached hydrogen (secondary N) is 1. The third-order valence-electron chi connectivity index (χ3n) is 5.27. The molecule has 0 heterocycles. The van der Waals surface area contributed by atoms with Crippen molar-refractivity contribution in [1.82, 2.24) is 9.62 Å². The smallest absolute Gasteiger partial charge is 0.243 e. The SMILES string of the molecule is COc1ccccc1[C@H](C)NC(=O)CN(Cc1ccccc1F)S(=O)(=O)c1ccc(C)cc1. The van der Waals surface area contributed by atoms with Crippen molar-refractivity contribution < 1.29 is 22.3 Å². The molecule has 0 aliphatic heterocycles. The van der Waals surface area contributed by atoms with Crippen LogP contribution in [0, 0.1) is 12.7 Å². The Hall–Kier alpha value is -3.23. The number of aryl methyl sites for hydroxylation is 1. The maximum absolute atomic E-state index is 14.3. The summed E-state index contributed by atoms with van der Waals surface area (Å²) in [5, 5.41) is 2.82. The lowest BCUT2D eigenvalue weighted by molar-refractivity contribution is -0.122. The van der Waals surface area contributed by atoms with E-state index in [1.807, 2.05) is 25.1 Å². The van der Waals surface area contributed by atoms with Gasteiger partial charge in [-0.05, 0) is 38.1 Å². The molecule has 1 N–H and O–H groups in total. The minimum atomic E-state index is -4.06. The van der Waals surface area contributed by atoms with E-state index in [-0.39, 0.29) is 17.0 Å². The molecule has 0 aliphatic rings. The van der Waals surface area contributed by atoms with Crippen LogP contribution in [-0.4, -0.2) is 32.3 Å². The second-order valence-electron chi connectivity index (χ2n) is 7.71. The molecule has 6 nitrogen and oxygen atoms in total.